The minimum atomic E-state index is 0.346. The Balaban J connectivity index is 2.40. The average Bonchev–Trinajstić information content (AvgIpc) is 2.39. The van der Waals surface area contributed by atoms with Crippen LogP contribution in [0.1, 0.15) is 42.9 Å². The van der Waals surface area contributed by atoms with Gasteiger partial charge < -0.3 is 5.11 Å². The van der Waals surface area contributed by atoms with E-state index in [1.807, 2.05) is 6.07 Å². The van der Waals surface area contributed by atoms with Crippen molar-refractivity contribution in [1.82, 2.24) is 0 Å². The molecule has 106 valence electrons. The predicted molar refractivity (Wildman–Crippen MR) is 86.2 cm³/mol. The summed E-state index contributed by atoms with van der Waals surface area (Å²) in [6, 6.07) is 12.3. The van der Waals surface area contributed by atoms with Crippen molar-refractivity contribution in [2.24, 2.45) is 0 Å². The smallest absolute Gasteiger partial charge is 0.116 e. The highest BCUT2D eigenvalue weighted by Crippen LogP contribution is 2.30. The van der Waals surface area contributed by atoms with E-state index in [9.17, 15) is 5.11 Å². The number of hydrogen-bond acceptors (Lipinski definition) is 1. The van der Waals surface area contributed by atoms with Crippen LogP contribution in [0.5, 0.6) is 5.75 Å². The van der Waals surface area contributed by atoms with Crippen molar-refractivity contribution in [3.63, 3.8) is 0 Å². The molecule has 0 amide bonds. The van der Waals surface area contributed by atoms with Gasteiger partial charge in [0.25, 0.3) is 0 Å². The summed E-state index contributed by atoms with van der Waals surface area (Å²) in [7, 11) is 0. The number of phenolic OH excluding ortho intramolecular Hbond substituents is 1. The highest BCUT2D eigenvalue weighted by molar-refractivity contribution is 5.70. The Labute approximate surface area is 122 Å². The number of rotatable bonds is 5. The minimum absolute atomic E-state index is 0.346. The van der Waals surface area contributed by atoms with Crippen molar-refractivity contribution in [3.8, 4) is 16.9 Å². The molecule has 0 atom stereocenters. The molecule has 0 saturated carbocycles. The van der Waals surface area contributed by atoms with Gasteiger partial charge in [-0.25, -0.2) is 0 Å². The second kappa shape index (κ2) is 6.60. The number of aryl methyl sites for hydroxylation is 3. The molecular formula is C19H24O. The van der Waals surface area contributed by atoms with Gasteiger partial charge in [-0.05, 0) is 55.5 Å². The first kappa shape index (κ1) is 14.6. The van der Waals surface area contributed by atoms with E-state index in [1.165, 1.54) is 47.1 Å². The molecule has 0 heterocycles. The lowest BCUT2D eigenvalue weighted by molar-refractivity contribution is 0.475. The first-order valence-electron chi connectivity index (χ1n) is 7.50. The van der Waals surface area contributed by atoms with Crippen molar-refractivity contribution in [1.29, 1.82) is 0 Å². The molecule has 0 aliphatic heterocycles. The molecular weight excluding hydrogens is 244 g/mol. The number of phenols is 1. The predicted octanol–water partition coefficient (Wildman–Crippen LogP) is 5.41. The molecule has 0 spiro atoms. The third-order valence-corrected chi connectivity index (χ3v) is 3.68. The monoisotopic (exact) mass is 268 g/mol. The fraction of sp³-hybridized carbons (Fsp3) is 0.368. The van der Waals surface area contributed by atoms with Gasteiger partial charge in [-0.3, -0.25) is 0 Å². The molecule has 0 bridgehead atoms. The topological polar surface area (TPSA) is 20.2 Å². The number of benzene rings is 2. The normalized spacial score (nSPS) is 10.8. The first-order chi connectivity index (χ1) is 9.60. The number of hydrogen-bond donors (Lipinski definition) is 1. The highest BCUT2D eigenvalue weighted by atomic mass is 16.3. The van der Waals surface area contributed by atoms with Gasteiger partial charge in [-0.15, -0.1) is 0 Å². The Morgan fingerprint density at radius 3 is 2.25 bits per heavy atom. The van der Waals surface area contributed by atoms with Gasteiger partial charge >= 0.3 is 0 Å². The van der Waals surface area contributed by atoms with Crippen molar-refractivity contribution in [2.45, 2.75) is 46.5 Å². The minimum Gasteiger partial charge on any atom is -0.508 e. The summed E-state index contributed by atoms with van der Waals surface area (Å²) < 4.78 is 0. The molecule has 0 fully saturated rings. The molecule has 2 aromatic rings. The van der Waals surface area contributed by atoms with Crippen LogP contribution in [0.3, 0.4) is 0 Å². The maximum Gasteiger partial charge on any atom is 0.116 e. The number of aromatic hydroxyl groups is 1. The van der Waals surface area contributed by atoms with Crippen LogP contribution < -0.4 is 0 Å². The van der Waals surface area contributed by atoms with E-state index in [0.29, 0.717) is 5.75 Å². The van der Waals surface area contributed by atoms with Gasteiger partial charge in [0.1, 0.15) is 5.75 Å². The SMILES string of the molecule is CCCCCc1ccc(O)cc1-c1cc(C)cc(C)c1. The molecule has 0 aliphatic rings. The third kappa shape index (κ3) is 3.63. The molecule has 20 heavy (non-hydrogen) atoms. The van der Waals surface area contributed by atoms with Crippen LogP contribution in [0, 0.1) is 13.8 Å². The molecule has 1 N–H and O–H groups in total. The van der Waals surface area contributed by atoms with E-state index in [4.69, 9.17) is 0 Å². The molecule has 1 heteroatoms. The maximum atomic E-state index is 9.81. The molecule has 0 unspecified atom stereocenters. The van der Waals surface area contributed by atoms with Crippen LogP contribution in [0.4, 0.5) is 0 Å². The Morgan fingerprint density at radius 2 is 1.60 bits per heavy atom. The van der Waals surface area contributed by atoms with Crippen molar-refractivity contribution >= 4 is 0 Å². The average molecular weight is 268 g/mol. The van der Waals surface area contributed by atoms with E-state index in [-0.39, 0.29) is 0 Å². The van der Waals surface area contributed by atoms with Gasteiger partial charge in [0.15, 0.2) is 0 Å². The largest absolute Gasteiger partial charge is 0.508 e. The molecule has 2 aromatic carbocycles. The van der Waals surface area contributed by atoms with Crippen molar-refractivity contribution in [2.75, 3.05) is 0 Å². The van der Waals surface area contributed by atoms with Crippen LogP contribution in [0.15, 0.2) is 36.4 Å². The Kier molecular flexibility index (Phi) is 4.84. The molecule has 0 radical (unpaired) electrons. The van der Waals surface area contributed by atoms with Crippen LogP contribution in [0.25, 0.3) is 11.1 Å². The summed E-state index contributed by atoms with van der Waals surface area (Å²) in [5.74, 6) is 0.346. The summed E-state index contributed by atoms with van der Waals surface area (Å²) in [5.41, 5.74) is 6.25. The van der Waals surface area contributed by atoms with Crippen LogP contribution in [0.2, 0.25) is 0 Å². The Morgan fingerprint density at radius 1 is 0.900 bits per heavy atom. The Bertz CT molecular complexity index is 564. The molecule has 0 aliphatic carbocycles. The van der Waals surface area contributed by atoms with E-state index in [0.717, 1.165) is 6.42 Å². The van der Waals surface area contributed by atoms with Crippen LogP contribution in [-0.4, -0.2) is 5.11 Å². The number of unbranched alkanes of at least 4 members (excludes halogenated alkanes) is 2. The van der Waals surface area contributed by atoms with Crippen LogP contribution in [-0.2, 0) is 6.42 Å². The van der Waals surface area contributed by atoms with Crippen molar-refractivity contribution < 1.29 is 5.11 Å². The lowest BCUT2D eigenvalue weighted by atomic mass is 9.93. The molecule has 1 nitrogen and oxygen atoms in total. The maximum absolute atomic E-state index is 9.81. The lowest BCUT2D eigenvalue weighted by Gasteiger charge is -2.12. The summed E-state index contributed by atoms with van der Waals surface area (Å²) in [6.45, 7) is 6.47. The van der Waals surface area contributed by atoms with Crippen LogP contribution >= 0.6 is 0 Å². The summed E-state index contributed by atoms with van der Waals surface area (Å²) in [5, 5.41) is 9.81. The second-order valence-corrected chi connectivity index (χ2v) is 5.67. The van der Waals surface area contributed by atoms with Gasteiger partial charge in [-0.1, -0.05) is 55.2 Å². The van der Waals surface area contributed by atoms with Crippen molar-refractivity contribution in [3.05, 3.63) is 53.1 Å². The van der Waals surface area contributed by atoms with E-state index < -0.39 is 0 Å². The third-order valence-electron chi connectivity index (χ3n) is 3.68. The fourth-order valence-electron chi connectivity index (χ4n) is 2.75. The standard InChI is InChI=1S/C19H24O/c1-4-5-6-7-16-8-9-18(20)13-19(16)17-11-14(2)10-15(3)12-17/h8-13,20H,4-7H2,1-3H3. The zero-order chi connectivity index (χ0) is 14.5. The van der Waals surface area contributed by atoms with Gasteiger partial charge in [0.05, 0.1) is 0 Å². The zero-order valence-corrected chi connectivity index (χ0v) is 12.7. The van der Waals surface area contributed by atoms with E-state index in [1.54, 1.807) is 6.07 Å². The quantitative estimate of drug-likeness (QED) is 0.719. The summed E-state index contributed by atoms with van der Waals surface area (Å²) in [6.07, 6.45) is 4.78. The lowest BCUT2D eigenvalue weighted by Crippen LogP contribution is -1.92. The summed E-state index contributed by atoms with van der Waals surface area (Å²) >= 11 is 0. The molecule has 0 saturated heterocycles. The van der Waals surface area contributed by atoms with Gasteiger partial charge in [0, 0.05) is 0 Å². The van der Waals surface area contributed by atoms with Gasteiger partial charge in [-0.2, -0.15) is 0 Å². The molecule has 0 aromatic heterocycles. The summed E-state index contributed by atoms with van der Waals surface area (Å²) in [4.78, 5) is 0. The first-order valence-corrected chi connectivity index (χ1v) is 7.50. The molecule has 2 rings (SSSR count). The van der Waals surface area contributed by atoms with E-state index >= 15 is 0 Å². The zero-order valence-electron chi connectivity index (χ0n) is 12.7. The Hall–Kier alpha value is -1.76. The fourth-order valence-corrected chi connectivity index (χ4v) is 2.75. The highest BCUT2D eigenvalue weighted by Gasteiger charge is 2.07. The van der Waals surface area contributed by atoms with E-state index in [2.05, 4.69) is 45.0 Å². The van der Waals surface area contributed by atoms with Gasteiger partial charge in [0.2, 0.25) is 0 Å². The second-order valence-electron chi connectivity index (χ2n) is 5.67.